The SMILES string of the molecule is Cc1ccc(S(=O)(=O)NC(Cc2ccc(Oc3ccc(C(=O)NO)cc3C)cc2)C(=O)N(C)C)cc1. The Morgan fingerprint density at radius 3 is 2.17 bits per heavy atom. The smallest absolute Gasteiger partial charge is 0.274 e. The molecule has 0 saturated carbocycles. The maximum Gasteiger partial charge on any atom is 0.274 e. The molecule has 0 bridgehead atoms. The van der Waals surface area contributed by atoms with Crippen LogP contribution in [-0.2, 0) is 21.2 Å². The lowest BCUT2D eigenvalue weighted by molar-refractivity contribution is -0.130. The second kappa shape index (κ2) is 11.3. The monoisotopic (exact) mass is 511 g/mol. The number of hydrogen-bond acceptors (Lipinski definition) is 6. The summed E-state index contributed by atoms with van der Waals surface area (Å²) >= 11 is 0. The van der Waals surface area contributed by atoms with Gasteiger partial charge in [0.05, 0.1) is 4.90 Å². The molecule has 0 radical (unpaired) electrons. The molecule has 2 amide bonds. The van der Waals surface area contributed by atoms with E-state index in [4.69, 9.17) is 9.94 Å². The Morgan fingerprint density at radius 2 is 1.61 bits per heavy atom. The minimum absolute atomic E-state index is 0.0891. The van der Waals surface area contributed by atoms with Crippen LogP contribution >= 0.6 is 0 Å². The van der Waals surface area contributed by atoms with Crippen LogP contribution in [0.15, 0.2) is 71.6 Å². The minimum Gasteiger partial charge on any atom is -0.457 e. The van der Waals surface area contributed by atoms with E-state index in [1.165, 1.54) is 23.1 Å². The van der Waals surface area contributed by atoms with Crippen molar-refractivity contribution >= 4 is 21.8 Å². The van der Waals surface area contributed by atoms with Gasteiger partial charge in [0.2, 0.25) is 15.9 Å². The maximum absolute atomic E-state index is 12.9. The highest BCUT2D eigenvalue weighted by Crippen LogP contribution is 2.26. The molecule has 0 heterocycles. The number of rotatable bonds is 9. The Kier molecular flexibility index (Phi) is 8.46. The normalized spacial score (nSPS) is 12.0. The minimum atomic E-state index is -3.91. The summed E-state index contributed by atoms with van der Waals surface area (Å²) in [5.74, 6) is 0.0724. The van der Waals surface area contributed by atoms with Crippen molar-refractivity contribution in [1.29, 1.82) is 0 Å². The van der Waals surface area contributed by atoms with E-state index in [0.717, 1.165) is 11.1 Å². The fourth-order valence-corrected chi connectivity index (χ4v) is 4.68. The molecule has 0 aromatic heterocycles. The van der Waals surface area contributed by atoms with Crippen LogP contribution in [0.2, 0.25) is 0 Å². The molecule has 36 heavy (non-hydrogen) atoms. The lowest BCUT2D eigenvalue weighted by Crippen LogP contribution is -2.47. The highest BCUT2D eigenvalue weighted by atomic mass is 32.2. The zero-order chi connectivity index (χ0) is 26.5. The first-order chi connectivity index (χ1) is 17.0. The number of benzene rings is 3. The van der Waals surface area contributed by atoms with Gasteiger partial charge >= 0.3 is 0 Å². The van der Waals surface area contributed by atoms with Crippen LogP contribution in [0.5, 0.6) is 11.5 Å². The van der Waals surface area contributed by atoms with Crippen molar-refractivity contribution < 1.29 is 28.0 Å². The van der Waals surface area contributed by atoms with E-state index < -0.39 is 22.0 Å². The van der Waals surface area contributed by atoms with Crippen molar-refractivity contribution in [2.45, 2.75) is 31.2 Å². The van der Waals surface area contributed by atoms with E-state index in [2.05, 4.69) is 4.72 Å². The second-order valence-corrected chi connectivity index (χ2v) is 10.3. The van der Waals surface area contributed by atoms with Gasteiger partial charge in [0.25, 0.3) is 5.91 Å². The standard InChI is InChI=1S/C26H29N3O6S/c1-17-5-12-22(13-6-17)36(33,34)28-23(26(31)29(3)4)16-19-7-10-21(11-8-19)35-24-14-9-20(15-18(24)2)25(30)27-32/h5-15,23,28,32H,16H2,1-4H3,(H,27,30). The van der Waals surface area contributed by atoms with E-state index in [0.29, 0.717) is 22.6 Å². The number of hydroxylamine groups is 1. The number of aryl methyl sites for hydroxylation is 2. The van der Waals surface area contributed by atoms with Gasteiger partial charge in [-0.3, -0.25) is 14.8 Å². The van der Waals surface area contributed by atoms with Gasteiger partial charge in [0, 0.05) is 19.7 Å². The van der Waals surface area contributed by atoms with Gasteiger partial charge in [0.1, 0.15) is 17.5 Å². The summed E-state index contributed by atoms with van der Waals surface area (Å²) in [6.45, 7) is 3.64. The van der Waals surface area contributed by atoms with Gasteiger partial charge in [-0.15, -0.1) is 0 Å². The molecule has 0 spiro atoms. The molecule has 9 nitrogen and oxygen atoms in total. The molecular formula is C26H29N3O6S. The summed E-state index contributed by atoms with van der Waals surface area (Å²) in [5.41, 5.74) is 4.25. The van der Waals surface area contributed by atoms with Crippen LogP contribution in [0.25, 0.3) is 0 Å². The fourth-order valence-electron chi connectivity index (χ4n) is 3.49. The average molecular weight is 512 g/mol. The van der Waals surface area contributed by atoms with Crippen molar-refractivity contribution in [3.63, 3.8) is 0 Å². The highest BCUT2D eigenvalue weighted by Gasteiger charge is 2.27. The number of likely N-dealkylation sites (N-methyl/N-ethyl adjacent to an activating group) is 1. The molecule has 0 saturated heterocycles. The van der Waals surface area contributed by atoms with Gasteiger partial charge in [-0.25, -0.2) is 13.9 Å². The van der Waals surface area contributed by atoms with Crippen LogP contribution in [0.3, 0.4) is 0 Å². The summed E-state index contributed by atoms with van der Waals surface area (Å²) in [7, 11) is -0.759. The quantitative estimate of drug-likeness (QED) is 0.299. The molecule has 0 fully saturated rings. The zero-order valence-electron chi connectivity index (χ0n) is 20.5. The van der Waals surface area contributed by atoms with Gasteiger partial charge < -0.3 is 9.64 Å². The number of carbonyl (C=O) groups excluding carboxylic acids is 2. The van der Waals surface area contributed by atoms with Gasteiger partial charge in [-0.2, -0.15) is 4.72 Å². The molecule has 0 aliphatic rings. The number of sulfonamides is 1. The Bertz CT molecular complexity index is 1340. The predicted octanol–water partition coefficient (Wildman–Crippen LogP) is 3.19. The van der Waals surface area contributed by atoms with E-state index >= 15 is 0 Å². The third-order valence-corrected chi connectivity index (χ3v) is 6.98. The predicted molar refractivity (Wildman–Crippen MR) is 135 cm³/mol. The van der Waals surface area contributed by atoms with Crippen molar-refractivity contribution in [1.82, 2.24) is 15.1 Å². The Hall–Kier alpha value is -3.73. The number of nitrogens with zero attached hydrogens (tertiary/aromatic N) is 1. The van der Waals surface area contributed by atoms with Gasteiger partial charge in [-0.1, -0.05) is 29.8 Å². The van der Waals surface area contributed by atoms with Crippen LogP contribution in [-0.4, -0.2) is 50.5 Å². The molecule has 0 aliphatic heterocycles. The first-order valence-electron chi connectivity index (χ1n) is 11.1. The van der Waals surface area contributed by atoms with Crippen LogP contribution in [0.1, 0.15) is 27.0 Å². The number of hydrogen-bond donors (Lipinski definition) is 3. The van der Waals surface area contributed by atoms with E-state index in [1.807, 2.05) is 6.92 Å². The lowest BCUT2D eigenvalue weighted by atomic mass is 10.1. The third kappa shape index (κ3) is 6.69. The number of nitrogens with one attached hydrogen (secondary N) is 2. The zero-order valence-corrected chi connectivity index (χ0v) is 21.3. The molecule has 3 aromatic carbocycles. The summed E-state index contributed by atoms with van der Waals surface area (Å²) in [4.78, 5) is 25.8. The largest absolute Gasteiger partial charge is 0.457 e. The molecule has 3 rings (SSSR count). The molecule has 190 valence electrons. The fraction of sp³-hybridized carbons (Fsp3) is 0.231. The highest BCUT2D eigenvalue weighted by molar-refractivity contribution is 7.89. The van der Waals surface area contributed by atoms with E-state index in [1.54, 1.807) is 75.0 Å². The molecule has 10 heteroatoms. The molecule has 1 unspecified atom stereocenters. The Balaban J connectivity index is 1.76. The molecule has 3 N–H and O–H groups in total. The van der Waals surface area contributed by atoms with Crippen LogP contribution < -0.4 is 14.9 Å². The second-order valence-electron chi connectivity index (χ2n) is 8.59. The van der Waals surface area contributed by atoms with E-state index in [9.17, 15) is 18.0 Å². The maximum atomic E-state index is 12.9. The summed E-state index contributed by atoms with van der Waals surface area (Å²) in [6.07, 6.45) is 0.145. The Morgan fingerprint density at radius 1 is 0.972 bits per heavy atom. The summed E-state index contributed by atoms with van der Waals surface area (Å²) in [5, 5.41) is 8.77. The molecule has 3 aromatic rings. The first-order valence-corrected chi connectivity index (χ1v) is 12.6. The number of amides is 2. The number of carbonyl (C=O) groups is 2. The van der Waals surface area contributed by atoms with E-state index in [-0.39, 0.29) is 17.2 Å². The molecule has 0 aliphatic carbocycles. The summed E-state index contributed by atoms with van der Waals surface area (Å²) in [6, 6.07) is 17.1. The molecular weight excluding hydrogens is 482 g/mol. The lowest BCUT2D eigenvalue weighted by Gasteiger charge is -2.22. The van der Waals surface area contributed by atoms with Gasteiger partial charge in [0.15, 0.2) is 0 Å². The Labute approximate surface area is 210 Å². The third-order valence-electron chi connectivity index (χ3n) is 5.50. The topological polar surface area (TPSA) is 125 Å². The molecule has 1 atom stereocenters. The summed E-state index contributed by atoms with van der Waals surface area (Å²) < 4.78 is 34.2. The van der Waals surface area contributed by atoms with Crippen LogP contribution in [0, 0.1) is 13.8 Å². The van der Waals surface area contributed by atoms with Crippen molar-refractivity contribution in [3.05, 3.63) is 89.0 Å². The average Bonchev–Trinajstić information content (AvgIpc) is 2.85. The number of ether oxygens (including phenoxy) is 1. The van der Waals surface area contributed by atoms with Crippen LogP contribution in [0.4, 0.5) is 0 Å². The van der Waals surface area contributed by atoms with Crippen molar-refractivity contribution in [2.75, 3.05) is 14.1 Å². The first kappa shape index (κ1) is 26.9. The van der Waals surface area contributed by atoms with Crippen molar-refractivity contribution in [2.24, 2.45) is 0 Å². The van der Waals surface area contributed by atoms with Gasteiger partial charge in [-0.05, 0) is 73.9 Å². The van der Waals surface area contributed by atoms with Crippen molar-refractivity contribution in [3.8, 4) is 11.5 Å².